The molecular formula is C58H77N11O10S. The Morgan fingerprint density at radius 1 is 0.625 bits per heavy atom. The Morgan fingerprint density at radius 2 is 1.21 bits per heavy atom. The van der Waals surface area contributed by atoms with E-state index in [2.05, 4.69) is 21.3 Å². The molecule has 3 aromatic rings. The number of nitrogens with two attached hydrogens (primary N) is 3. The molecule has 0 spiro atoms. The zero-order chi connectivity index (χ0) is 57.8. The fourth-order valence-corrected chi connectivity index (χ4v) is 12.0. The van der Waals surface area contributed by atoms with Crippen LogP contribution in [-0.4, -0.2) is 165 Å². The average Bonchev–Trinajstić information content (AvgIpc) is 4.22. The SMILES string of the molecule is CN1C(=O)CSC[C@@H](C(N)=O)NC(=O)[C@H](Cc2ccc(C(N)=O)cc2)NC(=O)[C@@H]2Cc3ccccc3CN2C(=O)[C@@H]2CCCN2C(=O)[C@H](CCCCN)NC(=O)[C@H](CC(C)(C)C)NC(=O)[C@@H]2CCCN2C(=O)[C@@H]1Cc1ccccc1. The second-order valence-corrected chi connectivity index (χ2v) is 23.6. The average molecular weight is 1120 g/mol. The number of nitrogens with one attached hydrogen (secondary N) is 4. The molecule has 80 heavy (non-hydrogen) atoms. The van der Waals surface area contributed by atoms with Crippen molar-refractivity contribution in [3.05, 3.63) is 107 Å². The summed E-state index contributed by atoms with van der Waals surface area (Å²) < 4.78 is 0. The molecule has 0 unspecified atom stereocenters. The van der Waals surface area contributed by atoms with Crippen molar-refractivity contribution >= 4 is 70.8 Å². The highest BCUT2D eigenvalue weighted by Crippen LogP contribution is 2.30. The summed E-state index contributed by atoms with van der Waals surface area (Å²) in [6, 6.07) is 13.2. The van der Waals surface area contributed by atoms with E-state index in [-0.39, 0.29) is 81.6 Å². The summed E-state index contributed by atoms with van der Waals surface area (Å²) in [5.41, 5.74) is 19.8. The first kappa shape index (κ1) is 60.3. The van der Waals surface area contributed by atoms with Crippen molar-refractivity contribution in [3.63, 3.8) is 0 Å². The maximum Gasteiger partial charge on any atom is 0.248 e. The third kappa shape index (κ3) is 15.3. The van der Waals surface area contributed by atoms with Gasteiger partial charge in [0.1, 0.15) is 48.3 Å². The molecular weight excluding hydrogens is 1040 g/mol. The minimum atomic E-state index is -1.39. The van der Waals surface area contributed by atoms with Gasteiger partial charge < -0.3 is 58.1 Å². The summed E-state index contributed by atoms with van der Waals surface area (Å²) in [5.74, 6) is -6.75. The number of likely N-dealkylation sites (N-methyl/N-ethyl adjacent to an activating group) is 1. The molecule has 0 aromatic heterocycles. The van der Waals surface area contributed by atoms with Gasteiger partial charge >= 0.3 is 0 Å². The molecule has 8 atom stereocenters. The van der Waals surface area contributed by atoms with Crippen LogP contribution in [0.25, 0.3) is 0 Å². The van der Waals surface area contributed by atoms with Crippen LogP contribution >= 0.6 is 11.8 Å². The molecule has 10 amide bonds. The van der Waals surface area contributed by atoms with Gasteiger partial charge in [-0.05, 0) is 97.7 Å². The highest BCUT2D eigenvalue weighted by atomic mass is 32.2. The molecule has 22 heteroatoms. The second-order valence-electron chi connectivity index (χ2n) is 22.5. The lowest BCUT2D eigenvalue weighted by Gasteiger charge is -2.40. The van der Waals surface area contributed by atoms with E-state index in [4.69, 9.17) is 17.2 Å². The molecule has 0 saturated carbocycles. The summed E-state index contributed by atoms with van der Waals surface area (Å²) in [6.45, 7) is 6.44. The highest BCUT2D eigenvalue weighted by Gasteiger charge is 2.46. The molecule has 3 saturated heterocycles. The van der Waals surface area contributed by atoms with E-state index in [0.29, 0.717) is 37.8 Å². The first-order chi connectivity index (χ1) is 38.1. The van der Waals surface area contributed by atoms with Gasteiger partial charge in [-0.2, -0.15) is 0 Å². The molecule has 3 aromatic carbocycles. The number of thioether (sulfide) groups is 1. The Balaban J connectivity index is 1.28. The van der Waals surface area contributed by atoms with Crippen LogP contribution in [0.1, 0.15) is 105 Å². The third-order valence-corrected chi connectivity index (χ3v) is 16.4. The van der Waals surface area contributed by atoms with Gasteiger partial charge in [0.05, 0.1) is 5.75 Å². The van der Waals surface area contributed by atoms with Crippen LogP contribution in [0.3, 0.4) is 0 Å². The molecule has 0 aliphatic carbocycles. The van der Waals surface area contributed by atoms with E-state index in [9.17, 15) is 38.4 Å². The van der Waals surface area contributed by atoms with Crippen molar-refractivity contribution in [2.45, 2.75) is 146 Å². The van der Waals surface area contributed by atoms with Crippen molar-refractivity contribution < 1.29 is 47.9 Å². The van der Waals surface area contributed by atoms with Crippen LogP contribution in [0.2, 0.25) is 0 Å². The number of amides is 10. The van der Waals surface area contributed by atoms with E-state index < -0.39 is 113 Å². The predicted molar refractivity (Wildman–Crippen MR) is 301 cm³/mol. The van der Waals surface area contributed by atoms with Crippen LogP contribution in [0.15, 0.2) is 78.9 Å². The number of primary amides is 2. The zero-order valence-electron chi connectivity index (χ0n) is 46.2. The predicted octanol–water partition coefficient (Wildman–Crippen LogP) is 1.07. The Morgan fingerprint density at radius 3 is 1.86 bits per heavy atom. The number of hydrogen-bond acceptors (Lipinski definition) is 12. The normalized spacial score (nSPS) is 25.3. The zero-order valence-corrected chi connectivity index (χ0v) is 47.0. The fraction of sp³-hybridized carbons (Fsp3) is 0.517. The third-order valence-electron chi connectivity index (χ3n) is 15.4. The molecule has 4 heterocycles. The maximum atomic E-state index is 15.2. The lowest BCUT2D eigenvalue weighted by molar-refractivity contribution is -0.150. The number of hydrogen-bond donors (Lipinski definition) is 7. The first-order valence-corrected chi connectivity index (χ1v) is 28.7. The van der Waals surface area contributed by atoms with Crippen molar-refractivity contribution in [2.24, 2.45) is 22.6 Å². The standard InChI is InChI=1S/C58H77N11O10S/c1-58(2,3)31-42-52(74)62-40(18-10-11-25-59)55(77)68-27-13-20-45(68)56(78)69-32-39-17-9-8-16-38(39)30-46(69)54(76)63-41(28-36-21-23-37(24-22-36)49(60)71)51(73)65-43(50(61)72)33-80-34-48(70)66(4)47(29-35-14-6-5-7-15-35)57(79)67-26-12-19-44(67)53(75)64-42/h5-9,14-17,21-24,40-47H,10-13,18-20,25-34,59H2,1-4H3,(H2,60,71)(H2,61,72)(H,62,74)(H,63,76)(H,64,75)(H,65,73)/t40-,41-,42-,43-,44-,45-,46-,47-/m0/s1. The molecule has 430 valence electrons. The fourth-order valence-electron chi connectivity index (χ4n) is 11.0. The molecule has 10 N–H and O–H groups in total. The largest absolute Gasteiger partial charge is 0.368 e. The van der Waals surface area contributed by atoms with Crippen molar-refractivity contribution in [1.82, 2.24) is 40.9 Å². The smallest absolute Gasteiger partial charge is 0.248 e. The van der Waals surface area contributed by atoms with Crippen LogP contribution in [-0.2, 0) is 69.0 Å². The minimum Gasteiger partial charge on any atom is -0.368 e. The van der Waals surface area contributed by atoms with E-state index >= 15 is 9.59 Å². The summed E-state index contributed by atoms with van der Waals surface area (Å²) in [7, 11) is 1.49. The Bertz CT molecular complexity index is 2780. The first-order valence-electron chi connectivity index (χ1n) is 27.6. The number of rotatable bonds is 11. The Kier molecular flexibility index (Phi) is 20.5. The molecule has 0 radical (unpaired) electrons. The highest BCUT2D eigenvalue weighted by molar-refractivity contribution is 8.00. The lowest BCUT2D eigenvalue weighted by atomic mass is 9.87. The van der Waals surface area contributed by atoms with Gasteiger partial charge in [-0.25, -0.2) is 0 Å². The molecule has 3 fully saturated rings. The summed E-state index contributed by atoms with van der Waals surface area (Å²) in [6.07, 6.45) is 2.76. The number of unbranched alkanes of at least 4 members (excludes halogenated alkanes) is 1. The lowest BCUT2D eigenvalue weighted by Crippen LogP contribution is -2.62. The van der Waals surface area contributed by atoms with Gasteiger partial charge in [-0.15, -0.1) is 11.8 Å². The number of carbonyl (C=O) groups is 10. The molecule has 21 nitrogen and oxygen atoms in total. The summed E-state index contributed by atoms with van der Waals surface area (Å²) in [4.78, 5) is 149. The van der Waals surface area contributed by atoms with Crippen LogP contribution < -0.4 is 38.5 Å². The Hall–Kier alpha value is -7.33. The van der Waals surface area contributed by atoms with Crippen molar-refractivity contribution in [2.75, 3.05) is 38.2 Å². The molecule has 4 aliphatic rings. The van der Waals surface area contributed by atoms with Gasteiger partial charge in [0.2, 0.25) is 59.1 Å². The minimum absolute atomic E-state index is 0.00614. The van der Waals surface area contributed by atoms with E-state index in [1.807, 2.05) is 75.4 Å². The molecule has 0 bridgehead atoms. The van der Waals surface area contributed by atoms with Gasteiger partial charge in [-0.1, -0.05) is 87.5 Å². The summed E-state index contributed by atoms with van der Waals surface area (Å²) >= 11 is 0.991. The molecule has 7 rings (SSSR count). The van der Waals surface area contributed by atoms with Gasteiger partial charge in [-0.3, -0.25) is 47.9 Å². The van der Waals surface area contributed by atoms with Gasteiger partial charge in [0.15, 0.2) is 0 Å². The summed E-state index contributed by atoms with van der Waals surface area (Å²) in [5, 5.41) is 11.4. The molecule has 4 aliphatic heterocycles. The van der Waals surface area contributed by atoms with Gasteiger partial charge in [0.25, 0.3) is 0 Å². The van der Waals surface area contributed by atoms with Crippen LogP contribution in [0.5, 0.6) is 0 Å². The number of nitrogens with zero attached hydrogens (tertiary/aromatic N) is 4. The van der Waals surface area contributed by atoms with Crippen molar-refractivity contribution in [3.8, 4) is 0 Å². The number of fused-ring (bicyclic) bond motifs is 4. The maximum absolute atomic E-state index is 15.2. The topological polar surface area (TPSA) is 310 Å². The number of carbonyl (C=O) groups excluding carboxylic acids is 10. The quantitative estimate of drug-likeness (QED) is 0.133. The monoisotopic (exact) mass is 1120 g/mol. The van der Waals surface area contributed by atoms with E-state index in [1.165, 1.54) is 38.8 Å². The Labute approximate surface area is 471 Å². The number of benzene rings is 3. The van der Waals surface area contributed by atoms with Crippen LogP contribution in [0, 0.1) is 5.41 Å². The van der Waals surface area contributed by atoms with Crippen molar-refractivity contribution in [1.29, 1.82) is 0 Å². The second kappa shape index (κ2) is 27.2. The van der Waals surface area contributed by atoms with Crippen LogP contribution in [0.4, 0.5) is 0 Å². The van der Waals surface area contributed by atoms with E-state index in [1.54, 1.807) is 12.1 Å². The van der Waals surface area contributed by atoms with E-state index in [0.717, 1.165) is 28.5 Å². The van der Waals surface area contributed by atoms with Gasteiger partial charge in [0, 0.05) is 57.3 Å².